The van der Waals surface area contributed by atoms with Crippen LogP contribution in [-0.2, 0) is 22.5 Å². The first kappa shape index (κ1) is 13.4. The van der Waals surface area contributed by atoms with Crippen LogP contribution >= 0.6 is 11.8 Å². The number of aromatic nitrogens is 3. The van der Waals surface area contributed by atoms with Crippen LogP contribution in [0.4, 0.5) is 0 Å². The summed E-state index contributed by atoms with van der Waals surface area (Å²) in [6.45, 7) is 3.28. The number of thioether (sulfide) groups is 1. The maximum Gasteiger partial charge on any atom is 0.306 e. The normalized spacial score (nSPS) is 14.9. The second-order valence-electron chi connectivity index (χ2n) is 4.26. The average Bonchev–Trinajstić information content (AvgIpc) is 2.60. The molecule has 100 valence electrons. The Morgan fingerprint density at radius 2 is 2.28 bits per heavy atom. The van der Waals surface area contributed by atoms with Crippen LogP contribution < -0.4 is 0 Å². The molecule has 0 N–H and O–H groups in total. The number of fused-ring (bicyclic) bond motifs is 1. The summed E-state index contributed by atoms with van der Waals surface area (Å²) in [4.78, 5) is 11.2. The summed E-state index contributed by atoms with van der Waals surface area (Å²) >= 11 is 1.59. The second-order valence-corrected chi connectivity index (χ2v) is 5.33. The van der Waals surface area contributed by atoms with E-state index in [2.05, 4.69) is 14.8 Å². The van der Waals surface area contributed by atoms with Crippen LogP contribution in [0.1, 0.15) is 38.4 Å². The van der Waals surface area contributed by atoms with Crippen LogP contribution in [0, 0.1) is 0 Å². The van der Waals surface area contributed by atoms with E-state index < -0.39 is 0 Å². The van der Waals surface area contributed by atoms with E-state index in [0.717, 1.165) is 23.9 Å². The van der Waals surface area contributed by atoms with Crippen molar-refractivity contribution in [1.82, 2.24) is 14.8 Å². The van der Waals surface area contributed by atoms with Crippen molar-refractivity contribution in [1.29, 1.82) is 0 Å². The molecule has 1 aliphatic rings. The first-order valence-electron chi connectivity index (χ1n) is 6.51. The highest BCUT2D eigenvalue weighted by atomic mass is 32.2. The van der Waals surface area contributed by atoms with Gasteiger partial charge in [0.15, 0.2) is 5.16 Å². The Bertz CT molecular complexity index is 406. The molecule has 0 radical (unpaired) electrons. The molecule has 0 saturated heterocycles. The minimum Gasteiger partial charge on any atom is -0.466 e. The summed E-state index contributed by atoms with van der Waals surface area (Å²) < 4.78 is 7.10. The number of aryl methyl sites for hydroxylation is 1. The third kappa shape index (κ3) is 3.48. The average molecular weight is 269 g/mol. The molecule has 0 bridgehead atoms. The highest BCUT2D eigenvalue weighted by Gasteiger charge is 2.15. The van der Waals surface area contributed by atoms with Crippen LogP contribution in [-0.4, -0.2) is 33.1 Å². The standard InChI is InChI=1S/C12H19N3O2S/c1-2-17-11(16)7-9-18-12-14-13-10-6-4-3-5-8-15(10)12/h2-9H2,1H3. The maximum absolute atomic E-state index is 11.2. The smallest absolute Gasteiger partial charge is 0.306 e. The van der Waals surface area contributed by atoms with Gasteiger partial charge in [0.2, 0.25) is 0 Å². The molecule has 6 heteroatoms. The molecule has 0 aliphatic carbocycles. The molecule has 2 rings (SSSR count). The van der Waals surface area contributed by atoms with E-state index in [1.165, 1.54) is 19.3 Å². The molecule has 1 aliphatic heterocycles. The molecule has 1 aromatic rings. The summed E-state index contributed by atoms with van der Waals surface area (Å²) in [7, 11) is 0. The minimum atomic E-state index is -0.138. The van der Waals surface area contributed by atoms with Crippen molar-refractivity contribution in [3.8, 4) is 0 Å². The minimum absolute atomic E-state index is 0.138. The molecule has 0 fully saturated rings. The molecule has 18 heavy (non-hydrogen) atoms. The van der Waals surface area contributed by atoms with Crippen molar-refractivity contribution >= 4 is 17.7 Å². The zero-order chi connectivity index (χ0) is 12.8. The van der Waals surface area contributed by atoms with Gasteiger partial charge in [0, 0.05) is 18.7 Å². The lowest BCUT2D eigenvalue weighted by atomic mass is 10.2. The molecular formula is C12H19N3O2S. The van der Waals surface area contributed by atoms with Gasteiger partial charge in [0.25, 0.3) is 0 Å². The zero-order valence-electron chi connectivity index (χ0n) is 10.7. The third-order valence-electron chi connectivity index (χ3n) is 2.92. The molecule has 0 unspecified atom stereocenters. The molecule has 0 spiro atoms. The van der Waals surface area contributed by atoms with Gasteiger partial charge in [-0.05, 0) is 19.8 Å². The Hall–Kier alpha value is -1.04. The van der Waals surface area contributed by atoms with Crippen molar-refractivity contribution in [2.75, 3.05) is 12.4 Å². The van der Waals surface area contributed by atoms with Crippen LogP contribution in [0.3, 0.4) is 0 Å². The van der Waals surface area contributed by atoms with E-state index in [9.17, 15) is 4.79 Å². The highest BCUT2D eigenvalue weighted by Crippen LogP contribution is 2.22. The fourth-order valence-corrected chi connectivity index (χ4v) is 2.93. The third-order valence-corrected chi connectivity index (χ3v) is 3.89. The number of nitrogens with zero attached hydrogens (tertiary/aromatic N) is 3. The Balaban J connectivity index is 1.86. The summed E-state index contributed by atoms with van der Waals surface area (Å²) in [5.41, 5.74) is 0. The Morgan fingerprint density at radius 3 is 3.11 bits per heavy atom. The number of hydrogen-bond donors (Lipinski definition) is 0. The molecule has 0 amide bonds. The predicted molar refractivity (Wildman–Crippen MR) is 69.6 cm³/mol. The van der Waals surface area contributed by atoms with Crippen LogP contribution in [0.25, 0.3) is 0 Å². The van der Waals surface area contributed by atoms with Gasteiger partial charge in [0.1, 0.15) is 5.82 Å². The first-order valence-corrected chi connectivity index (χ1v) is 7.50. The Morgan fingerprint density at radius 1 is 1.39 bits per heavy atom. The second kappa shape index (κ2) is 6.78. The van der Waals surface area contributed by atoms with Gasteiger partial charge < -0.3 is 9.30 Å². The maximum atomic E-state index is 11.2. The fraction of sp³-hybridized carbons (Fsp3) is 0.750. The highest BCUT2D eigenvalue weighted by molar-refractivity contribution is 7.99. The topological polar surface area (TPSA) is 57.0 Å². The van der Waals surface area contributed by atoms with Gasteiger partial charge in [-0.1, -0.05) is 18.2 Å². The van der Waals surface area contributed by atoms with E-state index in [1.807, 2.05) is 6.92 Å². The van der Waals surface area contributed by atoms with E-state index in [0.29, 0.717) is 18.8 Å². The number of carbonyl (C=O) groups excluding carboxylic acids is 1. The lowest BCUT2D eigenvalue weighted by Crippen LogP contribution is -2.06. The molecule has 5 nitrogen and oxygen atoms in total. The van der Waals surface area contributed by atoms with E-state index in [1.54, 1.807) is 11.8 Å². The van der Waals surface area contributed by atoms with Gasteiger partial charge in [0.05, 0.1) is 13.0 Å². The molecule has 0 aromatic carbocycles. The quantitative estimate of drug-likeness (QED) is 0.605. The molecule has 0 atom stereocenters. The van der Waals surface area contributed by atoms with Crippen molar-refractivity contribution in [2.45, 2.75) is 50.7 Å². The van der Waals surface area contributed by atoms with Gasteiger partial charge >= 0.3 is 5.97 Å². The number of hydrogen-bond acceptors (Lipinski definition) is 5. The lowest BCUT2D eigenvalue weighted by molar-refractivity contribution is -0.142. The molecule has 0 saturated carbocycles. The number of ether oxygens (including phenoxy) is 1. The summed E-state index contributed by atoms with van der Waals surface area (Å²) in [6.07, 6.45) is 5.10. The summed E-state index contributed by atoms with van der Waals surface area (Å²) in [6, 6.07) is 0. The fourth-order valence-electron chi connectivity index (χ4n) is 2.02. The number of rotatable bonds is 5. The van der Waals surface area contributed by atoms with Crippen molar-refractivity contribution in [3.63, 3.8) is 0 Å². The largest absolute Gasteiger partial charge is 0.466 e. The van der Waals surface area contributed by atoms with Crippen molar-refractivity contribution < 1.29 is 9.53 Å². The van der Waals surface area contributed by atoms with E-state index in [-0.39, 0.29) is 5.97 Å². The molecule has 1 aromatic heterocycles. The van der Waals surface area contributed by atoms with E-state index in [4.69, 9.17) is 4.74 Å². The molecule has 2 heterocycles. The summed E-state index contributed by atoms with van der Waals surface area (Å²) in [5.74, 6) is 1.66. The van der Waals surface area contributed by atoms with Crippen LogP contribution in [0.2, 0.25) is 0 Å². The van der Waals surface area contributed by atoms with Crippen molar-refractivity contribution in [3.05, 3.63) is 5.82 Å². The summed E-state index contributed by atoms with van der Waals surface area (Å²) in [5, 5.41) is 9.37. The zero-order valence-corrected chi connectivity index (χ0v) is 11.5. The SMILES string of the molecule is CCOC(=O)CCSc1nnc2n1CCCCC2. The monoisotopic (exact) mass is 269 g/mol. The van der Waals surface area contributed by atoms with Gasteiger partial charge in [-0.15, -0.1) is 10.2 Å². The van der Waals surface area contributed by atoms with E-state index >= 15 is 0 Å². The van der Waals surface area contributed by atoms with Gasteiger partial charge in [-0.2, -0.15) is 0 Å². The Kier molecular flexibility index (Phi) is 5.04. The Labute approximate surface area is 111 Å². The molecular weight excluding hydrogens is 250 g/mol. The predicted octanol–water partition coefficient (Wildman–Crippen LogP) is 2.05. The lowest BCUT2D eigenvalue weighted by Gasteiger charge is -2.06. The van der Waals surface area contributed by atoms with Crippen LogP contribution in [0.15, 0.2) is 5.16 Å². The van der Waals surface area contributed by atoms with Gasteiger partial charge in [-0.3, -0.25) is 4.79 Å². The number of carbonyl (C=O) groups is 1. The first-order chi connectivity index (χ1) is 8.81. The number of esters is 1. The van der Waals surface area contributed by atoms with Gasteiger partial charge in [-0.25, -0.2) is 0 Å². The van der Waals surface area contributed by atoms with Crippen molar-refractivity contribution in [2.24, 2.45) is 0 Å². The van der Waals surface area contributed by atoms with Crippen LogP contribution in [0.5, 0.6) is 0 Å².